The van der Waals surface area contributed by atoms with Gasteiger partial charge in [-0.1, -0.05) is 90.6 Å². The fourth-order valence-corrected chi connectivity index (χ4v) is 12.7. The highest BCUT2D eigenvalue weighted by atomic mass is 32.2. The summed E-state index contributed by atoms with van der Waals surface area (Å²) in [6.07, 6.45) is 4.00. The zero-order chi connectivity index (χ0) is 46.2. The van der Waals surface area contributed by atoms with Crippen LogP contribution in [0.5, 0.6) is 11.5 Å². The van der Waals surface area contributed by atoms with Crippen molar-refractivity contribution in [2.24, 2.45) is 0 Å². The van der Waals surface area contributed by atoms with Gasteiger partial charge < -0.3 is 18.8 Å². The lowest BCUT2D eigenvalue weighted by Crippen LogP contribution is -2.33. The summed E-state index contributed by atoms with van der Waals surface area (Å²) in [7, 11) is 0. The molecule has 4 aromatic heterocycles. The number of hydrogen-bond acceptors (Lipinski definition) is 7. The molecule has 15 rings (SSSR count). The predicted octanol–water partition coefficient (Wildman–Crippen LogP) is 14.8. The van der Waals surface area contributed by atoms with Gasteiger partial charge in [0.25, 0.3) is 0 Å². The number of nitriles is 2. The number of benzene rings is 8. The predicted molar refractivity (Wildman–Crippen MR) is 276 cm³/mol. The quantitative estimate of drug-likeness (QED) is 0.174. The van der Waals surface area contributed by atoms with Gasteiger partial charge in [0.05, 0.1) is 97.3 Å². The van der Waals surface area contributed by atoms with Gasteiger partial charge in [0.1, 0.15) is 11.5 Å². The van der Waals surface area contributed by atoms with E-state index in [1.165, 1.54) is 20.6 Å². The van der Waals surface area contributed by atoms with Crippen LogP contribution in [0, 0.1) is 22.7 Å². The third kappa shape index (κ3) is 5.13. The van der Waals surface area contributed by atoms with Gasteiger partial charge in [-0.05, 0) is 109 Å². The molecule has 1 unspecified atom stereocenters. The van der Waals surface area contributed by atoms with E-state index in [-0.39, 0.29) is 0 Å². The third-order valence-electron chi connectivity index (χ3n) is 14.5. The van der Waals surface area contributed by atoms with E-state index in [9.17, 15) is 10.5 Å². The Bertz CT molecular complexity index is 4210. The summed E-state index contributed by atoms with van der Waals surface area (Å²) in [5.74, 6) is 1.47. The average Bonchev–Trinajstić information content (AvgIpc) is 4.03. The molecule has 70 heavy (non-hydrogen) atoms. The summed E-state index contributed by atoms with van der Waals surface area (Å²) < 4.78 is 11.6. The van der Waals surface area contributed by atoms with Gasteiger partial charge in [0.15, 0.2) is 0 Å². The minimum absolute atomic E-state index is 0.551. The van der Waals surface area contributed by atoms with E-state index in [1.54, 1.807) is 11.8 Å². The van der Waals surface area contributed by atoms with E-state index in [0.29, 0.717) is 11.1 Å². The molecule has 2 aliphatic heterocycles. The van der Waals surface area contributed by atoms with E-state index >= 15 is 0 Å². The van der Waals surface area contributed by atoms with Crippen molar-refractivity contribution in [2.75, 3.05) is 4.90 Å². The van der Waals surface area contributed by atoms with Crippen LogP contribution >= 0.6 is 11.8 Å². The fourth-order valence-electron chi connectivity index (χ4n) is 11.6. The monoisotopic (exact) mass is 911 g/mol. The lowest BCUT2D eigenvalue weighted by Gasteiger charge is -2.40. The van der Waals surface area contributed by atoms with Crippen LogP contribution in [0.1, 0.15) is 33.4 Å². The molecule has 0 bridgehead atoms. The number of fused-ring (bicyclic) bond motifs is 17. The van der Waals surface area contributed by atoms with Crippen LogP contribution in [0.4, 0.5) is 17.1 Å². The molecule has 0 fully saturated rings. The maximum absolute atomic E-state index is 10.0. The van der Waals surface area contributed by atoms with E-state index in [1.807, 2.05) is 54.9 Å². The maximum Gasteiger partial charge on any atom is 0.132 e. The van der Waals surface area contributed by atoms with E-state index < -0.39 is 5.41 Å². The van der Waals surface area contributed by atoms with Crippen molar-refractivity contribution in [1.82, 2.24) is 19.1 Å². The van der Waals surface area contributed by atoms with E-state index in [2.05, 4.69) is 172 Å². The van der Waals surface area contributed by atoms with Crippen LogP contribution in [-0.2, 0) is 5.41 Å². The number of anilines is 3. The minimum atomic E-state index is -0.986. The molecule has 0 N–H and O–H groups in total. The van der Waals surface area contributed by atoms with E-state index in [4.69, 9.17) is 14.7 Å². The second-order valence-electron chi connectivity index (χ2n) is 18.0. The molecule has 8 nitrogen and oxygen atoms in total. The summed E-state index contributed by atoms with van der Waals surface area (Å²) in [6.45, 7) is 0. The summed E-state index contributed by atoms with van der Waals surface area (Å²) in [6, 6.07) is 70.0. The molecule has 6 heterocycles. The molecule has 1 atom stereocenters. The number of nitrogens with zero attached hydrogens (tertiary/aromatic N) is 7. The van der Waals surface area contributed by atoms with Crippen LogP contribution in [0.15, 0.2) is 210 Å². The standard InChI is InChI=1S/C61H33N7OS/c62-32-36-21-24-51-43(27-36)44-28-37(33-63)22-25-52(44)66(51)38-23-26-56-46(29-38)61(45-13-3-8-18-55(45)69-56)47-30-39(67-49-14-4-1-11-41(49)42-12-2-5-15-50(42)67)34-64-59(47)60-48(61)31-40(35-65-60)68-53-16-6-9-19-57(53)70-58-20-10-7-17-54(58)68/h1-31,34-35H. The van der Waals surface area contributed by atoms with Gasteiger partial charge >= 0.3 is 0 Å². The third-order valence-corrected chi connectivity index (χ3v) is 15.6. The zero-order valence-corrected chi connectivity index (χ0v) is 37.8. The van der Waals surface area contributed by atoms with Crippen LogP contribution in [0.3, 0.4) is 0 Å². The maximum atomic E-state index is 10.0. The Labute approximate surface area is 405 Å². The summed E-state index contributed by atoms with van der Waals surface area (Å²) in [4.78, 5) is 15.6. The first kappa shape index (κ1) is 38.7. The van der Waals surface area contributed by atoms with Gasteiger partial charge in [0.2, 0.25) is 0 Å². The van der Waals surface area contributed by atoms with Crippen molar-refractivity contribution in [3.05, 3.63) is 234 Å². The number of hydrogen-bond donors (Lipinski definition) is 0. The second kappa shape index (κ2) is 14.3. The van der Waals surface area contributed by atoms with Crippen molar-refractivity contribution in [3.63, 3.8) is 0 Å². The fraction of sp³-hybridized carbons (Fsp3) is 0.0164. The first-order chi connectivity index (χ1) is 34.6. The molecule has 3 aliphatic rings. The minimum Gasteiger partial charge on any atom is -0.457 e. The molecule has 0 saturated carbocycles. The van der Waals surface area contributed by atoms with Gasteiger partial charge in [-0.3, -0.25) is 9.97 Å². The zero-order valence-electron chi connectivity index (χ0n) is 37.0. The van der Waals surface area contributed by atoms with Gasteiger partial charge in [-0.25, -0.2) is 0 Å². The number of pyridine rings is 2. The Balaban J connectivity index is 1.06. The van der Waals surface area contributed by atoms with Crippen LogP contribution in [0.2, 0.25) is 0 Å². The molecule has 9 heteroatoms. The highest BCUT2D eigenvalue weighted by Crippen LogP contribution is 2.63. The molecular weight excluding hydrogens is 879 g/mol. The Morgan fingerprint density at radius 3 is 1.57 bits per heavy atom. The molecule has 324 valence electrons. The highest BCUT2D eigenvalue weighted by Gasteiger charge is 2.53. The topological polar surface area (TPSA) is 95.7 Å². The second-order valence-corrected chi connectivity index (χ2v) is 19.1. The molecule has 0 amide bonds. The number of rotatable bonds is 3. The summed E-state index contributed by atoms with van der Waals surface area (Å²) in [5, 5.41) is 24.2. The van der Waals surface area contributed by atoms with Crippen LogP contribution < -0.4 is 9.64 Å². The molecule has 1 spiro atoms. The lowest BCUT2D eigenvalue weighted by atomic mass is 9.66. The van der Waals surface area contributed by atoms with Gasteiger partial charge in [0, 0.05) is 59.3 Å². The van der Waals surface area contributed by atoms with Crippen molar-refractivity contribution >= 4 is 72.4 Å². The Kier molecular flexibility index (Phi) is 7.90. The SMILES string of the molecule is N#Cc1ccc2c(c1)c1cc(C#N)ccc1n2-c1ccc2c(c1)C1(c3ccccc3O2)c2cc(N3c4ccccc4Sc4ccccc43)cnc2-c2ncc(-n3c4ccccc4c4ccccc43)cc21. The number of ether oxygens (including phenoxy) is 1. The molecule has 1 aliphatic carbocycles. The molecular formula is C61H33N7OS. The Morgan fingerprint density at radius 1 is 0.429 bits per heavy atom. The van der Waals surface area contributed by atoms with Crippen molar-refractivity contribution in [3.8, 4) is 46.4 Å². The highest BCUT2D eigenvalue weighted by molar-refractivity contribution is 7.99. The Morgan fingerprint density at radius 2 is 0.929 bits per heavy atom. The van der Waals surface area contributed by atoms with Crippen molar-refractivity contribution in [2.45, 2.75) is 15.2 Å². The molecule has 8 aromatic carbocycles. The molecule has 0 saturated heterocycles. The summed E-state index contributed by atoms with van der Waals surface area (Å²) in [5.41, 5.74) is 14.6. The van der Waals surface area contributed by atoms with Crippen molar-refractivity contribution < 1.29 is 4.74 Å². The largest absolute Gasteiger partial charge is 0.457 e. The average molecular weight is 912 g/mol. The van der Waals surface area contributed by atoms with Crippen LogP contribution in [-0.4, -0.2) is 19.1 Å². The van der Waals surface area contributed by atoms with Gasteiger partial charge in [-0.15, -0.1) is 0 Å². The molecule has 0 radical (unpaired) electrons. The summed E-state index contributed by atoms with van der Waals surface area (Å²) >= 11 is 1.78. The number of para-hydroxylation sites is 5. The van der Waals surface area contributed by atoms with Crippen LogP contribution in [0.25, 0.3) is 66.4 Å². The van der Waals surface area contributed by atoms with Gasteiger partial charge in [-0.2, -0.15) is 10.5 Å². The normalized spacial score (nSPS) is 14.9. The lowest BCUT2D eigenvalue weighted by molar-refractivity contribution is 0.436. The smallest absolute Gasteiger partial charge is 0.132 e. The number of aromatic nitrogens is 4. The Hall–Kier alpha value is -9.41. The first-order valence-electron chi connectivity index (χ1n) is 23.1. The van der Waals surface area contributed by atoms with Crippen molar-refractivity contribution in [1.29, 1.82) is 10.5 Å². The van der Waals surface area contributed by atoms with E-state index in [0.717, 1.165) is 106 Å². The first-order valence-corrected chi connectivity index (χ1v) is 23.9. The molecule has 12 aromatic rings.